The molecule has 0 spiro atoms. The third-order valence-corrected chi connectivity index (χ3v) is 5.52. The first-order chi connectivity index (χ1) is 11.5. The van der Waals surface area contributed by atoms with Gasteiger partial charge in [0.15, 0.2) is 0 Å². The van der Waals surface area contributed by atoms with Crippen molar-refractivity contribution in [3.8, 4) is 0 Å². The first-order valence-corrected chi connectivity index (χ1v) is 10.1. The van der Waals surface area contributed by atoms with Gasteiger partial charge in [0.05, 0.1) is 0 Å². The summed E-state index contributed by atoms with van der Waals surface area (Å²) in [6.07, 6.45) is 11.3. The monoisotopic (exact) mass is 338 g/mol. The molecule has 0 aliphatic heterocycles. The van der Waals surface area contributed by atoms with E-state index in [4.69, 9.17) is 0 Å². The molecule has 4 heteroatoms. The van der Waals surface area contributed by atoms with E-state index in [-0.39, 0.29) is 11.8 Å². The number of amides is 2. The van der Waals surface area contributed by atoms with E-state index in [0.29, 0.717) is 19.0 Å². The van der Waals surface area contributed by atoms with Crippen LogP contribution in [0.15, 0.2) is 0 Å². The molecule has 1 unspecified atom stereocenters. The van der Waals surface area contributed by atoms with Crippen molar-refractivity contribution >= 4 is 11.8 Å². The fraction of sp³-hybridized carbons (Fsp3) is 0.900. The van der Waals surface area contributed by atoms with Crippen molar-refractivity contribution in [1.82, 2.24) is 10.2 Å². The predicted octanol–water partition coefficient (Wildman–Crippen LogP) is 4.42. The van der Waals surface area contributed by atoms with Crippen LogP contribution < -0.4 is 5.32 Å². The Balaban J connectivity index is 2.99. The van der Waals surface area contributed by atoms with Gasteiger partial charge >= 0.3 is 0 Å². The predicted molar refractivity (Wildman–Crippen MR) is 99.9 cm³/mol. The van der Waals surface area contributed by atoms with Crippen molar-refractivity contribution in [2.45, 2.75) is 110 Å². The maximum absolute atomic E-state index is 13.3. The Kier molecular flexibility index (Phi) is 9.38. The summed E-state index contributed by atoms with van der Waals surface area (Å²) < 4.78 is 0. The molecule has 1 rings (SSSR count). The molecule has 0 radical (unpaired) electrons. The van der Waals surface area contributed by atoms with Gasteiger partial charge in [-0.3, -0.25) is 9.59 Å². The number of rotatable bonds is 10. The molecule has 0 heterocycles. The van der Waals surface area contributed by atoms with Crippen molar-refractivity contribution in [2.75, 3.05) is 6.54 Å². The zero-order chi connectivity index (χ0) is 18.0. The van der Waals surface area contributed by atoms with Gasteiger partial charge in [-0.15, -0.1) is 0 Å². The molecule has 0 aromatic rings. The highest BCUT2D eigenvalue weighted by Gasteiger charge is 2.43. The van der Waals surface area contributed by atoms with Gasteiger partial charge in [0.1, 0.15) is 5.54 Å². The van der Waals surface area contributed by atoms with Gasteiger partial charge in [-0.05, 0) is 32.1 Å². The van der Waals surface area contributed by atoms with Gasteiger partial charge in [0.25, 0.3) is 0 Å². The molecule has 1 aliphatic rings. The van der Waals surface area contributed by atoms with Gasteiger partial charge < -0.3 is 10.2 Å². The second-order valence-electron chi connectivity index (χ2n) is 7.32. The van der Waals surface area contributed by atoms with E-state index < -0.39 is 5.54 Å². The summed E-state index contributed by atoms with van der Waals surface area (Å²) in [5.74, 6) is 0.108. The average Bonchev–Trinajstić information content (AvgIpc) is 2.58. The van der Waals surface area contributed by atoms with E-state index in [1.54, 1.807) is 6.92 Å². The molecular formula is C20H38N2O2. The molecule has 1 atom stereocenters. The van der Waals surface area contributed by atoms with Gasteiger partial charge in [-0.1, -0.05) is 59.3 Å². The van der Waals surface area contributed by atoms with Crippen molar-refractivity contribution < 1.29 is 9.59 Å². The molecule has 4 nitrogen and oxygen atoms in total. The van der Waals surface area contributed by atoms with Crippen LogP contribution in [0.25, 0.3) is 0 Å². The Morgan fingerprint density at radius 3 is 2.17 bits per heavy atom. The minimum atomic E-state index is -0.672. The van der Waals surface area contributed by atoms with Gasteiger partial charge in [-0.25, -0.2) is 0 Å². The number of hydrogen-bond donors (Lipinski definition) is 1. The van der Waals surface area contributed by atoms with Crippen LogP contribution in [0, 0.1) is 0 Å². The fourth-order valence-electron chi connectivity index (χ4n) is 3.92. The molecule has 140 valence electrons. The lowest BCUT2D eigenvalue weighted by molar-refractivity contribution is -0.148. The van der Waals surface area contributed by atoms with Crippen LogP contribution in [0.5, 0.6) is 0 Å². The van der Waals surface area contributed by atoms with Crippen LogP contribution in [-0.2, 0) is 9.59 Å². The Morgan fingerprint density at radius 1 is 1.04 bits per heavy atom. The Morgan fingerprint density at radius 2 is 1.67 bits per heavy atom. The van der Waals surface area contributed by atoms with E-state index in [9.17, 15) is 9.59 Å². The molecule has 1 fully saturated rings. The van der Waals surface area contributed by atoms with E-state index in [1.807, 2.05) is 4.90 Å². The first kappa shape index (κ1) is 21.0. The summed E-state index contributed by atoms with van der Waals surface area (Å²) in [6, 6.07) is 0.291. The average molecular weight is 339 g/mol. The molecular weight excluding hydrogens is 300 g/mol. The quantitative estimate of drug-likeness (QED) is 0.641. The standard InChI is InChI=1S/C20H38N2O2/c1-5-8-15-20(7-3,22(17(4)23)16-9-6-2)19(24)21-18-13-11-10-12-14-18/h18H,5-16H2,1-4H3,(H,21,24). The molecule has 0 saturated heterocycles. The van der Waals surface area contributed by atoms with Crippen LogP contribution in [0.2, 0.25) is 0 Å². The number of carbonyl (C=O) groups excluding carboxylic acids is 2. The molecule has 1 saturated carbocycles. The Labute approximate surface area is 148 Å². The highest BCUT2D eigenvalue weighted by molar-refractivity contribution is 5.91. The summed E-state index contributed by atoms with van der Waals surface area (Å²) in [5, 5.41) is 3.30. The summed E-state index contributed by atoms with van der Waals surface area (Å²) in [5.41, 5.74) is -0.672. The van der Waals surface area contributed by atoms with Crippen LogP contribution in [-0.4, -0.2) is 34.8 Å². The topological polar surface area (TPSA) is 49.4 Å². The van der Waals surface area contributed by atoms with Crippen molar-refractivity contribution in [2.24, 2.45) is 0 Å². The minimum absolute atomic E-state index is 0.0280. The summed E-state index contributed by atoms with van der Waals surface area (Å²) in [7, 11) is 0. The summed E-state index contributed by atoms with van der Waals surface area (Å²) in [4.78, 5) is 27.5. The normalized spacial score (nSPS) is 18.0. The summed E-state index contributed by atoms with van der Waals surface area (Å²) >= 11 is 0. The Bertz CT molecular complexity index is 391. The SMILES string of the molecule is CCCCN(C(C)=O)C(CC)(CCCC)C(=O)NC1CCCCC1. The van der Waals surface area contributed by atoms with Crippen molar-refractivity contribution in [1.29, 1.82) is 0 Å². The number of hydrogen-bond acceptors (Lipinski definition) is 2. The lowest BCUT2D eigenvalue weighted by Gasteiger charge is -2.43. The van der Waals surface area contributed by atoms with Crippen LogP contribution >= 0.6 is 0 Å². The van der Waals surface area contributed by atoms with E-state index in [2.05, 4.69) is 26.1 Å². The molecule has 0 bridgehead atoms. The first-order valence-electron chi connectivity index (χ1n) is 10.1. The molecule has 2 amide bonds. The highest BCUT2D eigenvalue weighted by atomic mass is 16.2. The molecule has 24 heavy (non-hydrogen) atoms. The summed E-state index contributed by atoms with van der Waals surface area (Å²) in [6.45, 7) is 8.61. The smallest absolute Gasteiger partial charge is 0.246 e. The maximum Gasteiger partial charge on any atom is 0.246 e. The van der Waals surface area contributed by atoms with E-state index in [1.165, 1.54) is 19.3 Å². The molecule has 1 aliphatic carbocycles. The number of nitrogens with one attached hydrogen (secondary N) is 1. The zero-order valence-electron chi connectivity index (χ0n) is 16.3. The van der Waals surface area contributed by atoms with Crippen LogP contribution in [0.4, 0.5) is 0 Å². The minimum Gasteiger partial charge on any atom is -0.351 e. The second kappa shape index (κ2) is 10.7. The lowest BCUT2D eigenvalue weighted by Crippen LogP contribution is -2.61. The number of nitrogens with zero attached hydrogens (tertiary/aromatic N) is 1. The zero-order valence-corrected chi connectivity index (χ0v) is 16.3. The lowest BCUT2D eigenvalue weighted by atomic mass is 9.85. The fourth-order valence-corrected chi connectivity index (χ4v) is 3.92. The van der Waals surface area contributed by atoms with Crippen LogP contribution in [0.3, 0.4) is 0 Å². The van der Waals surface area contributed by atoms with E-state index in [0.717, 1.165) is 44.9 Å². The highest BCUT2D eigenvalue weighted by Crippen LogP contribution is 2.29. The number of carbonyl (C=O) groups is 2. The largest absolute Gasteiger partial charge is 0.351 e. The third-order valence-electron chi connectivity index (χ3n) is 5.52. The number of unbranched alkanes of at least 4 members (excludes halogenated alkanes) is 2. The molecule has 0 aromatic heterocycles. The molecule has 0 aromatic carbocycles. The molecule has 1 N–H and O–H groups in total. The van der Waals surface area contributed by atoms with Crippen molar-refractivity contribution in [3.05, 3.63) is 0 Å². The van der Waals surface area contributed by atoms with Crippen LogP contribution in [0.1, 0.15) is 98.3 Å². The van der Waals surface area contributed by atoms with E-state index >= 15 is 0 Å². The maximum atomic E-state index is 13.3. The van der Waals surface area contributed by atoms with Crippen molar-refractivity contribution in [3.63, 3.8) is 0 Å². The van der Waals surface area contributed by atoms with Gasteiger partial charge in [0.2, 0.25) is 11.8 Å². The van der Waals surface area contributed by atoms with Gasteiger partial charge in [0, 0.05) is 19.5 Å². The second-order valence-corrected chi connectivity index (χ2v) is 7.32. The Hall–Kier alpha value is -1.06. The third kappa shape index (κ3) is 5.49. The van der Waals surface area contributed by atoms with Gasteiger partial charge in [-0.2, -0.15) is 0 Å².